The molecule has 0 aromatic heterocycles. The van der Waals surface area contributed by atoms with E-state index in [1.165, 1.54) is 141 Å². The average Bonchev–Trinajstić information content (AvgIpc) is 3.12. The minimum atomic E-state index is -0.664. The summed E-state index contributed by atoms with van der Waals surface area (Å²) in [4.78, 5) is 12.4. The lowest BCUT2D eigenvalue weighted by Gasteiger charge is -2.22. The lowest BCUT2D eigenvalue weighted by molar-refractivity contribution is -0.123. The van der Waals surface area contributed by atoms with Gasteiger partial charge in [-0.25, -0.2) is 0 Å². The van der Waals surface area contributed by atoms with E-state index >= 15 is 0 Å². The maximum Gasteiger partial charge on any atom is 0.220 e. The van der Waals surface area contributed by atoms with E-state index in [1.54, 1.807) is 0 Å². The van der Waals surface area contributed by atoms with Crippen molar-refractivity contribution in [3.8, 4) is 0 Å². The van der Waals surface area contributed by atoms with Crippen molar-refractivity contribution in [2.45, 2.75) is 231 Å². The number of aliphatic hydroxyl groups excluding tert-OH is 2. The summed E-state index contributed by atoms with van der Waals surface area (Å²) < 4.78 is 0. The van der Waals surface area contributed by atoms with Crippen LogP contribution in [0.25, 0.3) is 0 Å². The van der Waals surface area contributed by atoms with Gasteiger partial charge >= 0.3 is 0 Å². The molecule has 0 fully saturated rings. The van der Waals surface area contributed by atoms with Crippen LogP contribution in [0.1, 0.15) is 219 Å². The number of nitrogens with one attached hydrogen (secondary N) is 1. The Morgan fingerprint density at radius 3 is 1.32 bits per heavy atom. The fourth-order valence-corrected chi connectivity index (χ4v) is 6.53. The van der Waals surface area contributed by atoms with Crippen molar-refractivity contribution < 1.29 is 15.0 Å². The van der Waals surface area contributed by atoms with Crippen LogP contribution < -0.4 is 5.32 Å². The Hall–Kier alpha value is -1.65. The molecule has 50 heavy (non-hydrogen) atoms. The molecule has 292 valence electrons. The molecule has 0 bridgehead atoms. The summed E-state index contributed by atoms with van der Waals surface area (Å²) in [6.45, 7) is 4.25. The Morgan fingerprint density at radius 1 is 0.500 bits per heavy atom. The van der Waals surface area contributed by atoms with Crippen molar-refractivity contribution in [2.24, 2.45) is 0 Å². The number of carbonyl (C=O) groups is 1. The Labute approximate surface area is 312 Å². The molecule has 0 aliphatic rings. The molecule has 1 amide bonds. The largest absolute Gasteiger partial charge is 0.394 e. The zero-order valence-corrected chi connectivity index (χ0v) is 33.4. The highest BCUT2D eigenvalue weighted by atomic mass is 16.3. The fraction of sp³-hybridized carbons (Fsp3) is 0.804. The Kier molecular flexibility index (Phi) is 40.4. The van der Waals surface area contributed by atoms with Gasteiger partial charge in [-0.05, 0) is 51.4 Å². The molecule has 4 heteroatoms. The van der Waals surface area contributed by atoms with Gasteiger partial charge in [0.15, 0.2) is 0 Å². The van der Waals surface area contributed by atoms with Gasteiger partial charge in [0.2, 0.25) is 5.91 Å². The van der Waals surface area contributed by atoms with E-state index in [0.717, 1.165) is 51.4 Å². The van der Waals surface area contributed by atoms with E-state index in [0.29, 0.717) is 12.8 Å². The summed E-state index contributed by atoms with van der Waals surface area (Å²) >= 11 is 0. The van der Waals surface area contributed by atoms with Crippen molar-refractivity contribution in [1.82, 2.24) is 5.32 Å². The van der Waals surface area contributed by atoms with Crippen molar-refractivity contribution in [3.05, 3.63) is 48.6 Å². The molecule has 0 heterocycles. The number of hydrogen-bond acceptors (Lipinski definition) is 3. The standard InChI is InChI=1S/C46H85NO3/c1-3-5-7-9-11-13-15-17-19-21-22-23-24-26-28-30-32-34-36-38-40-42-46(50)47-44(43-48)45(49)41-39-37-35-33-31-29-27-25-20-18-16-14-12-10-8-6-4-2/h5,7,11,13,17,19,22-23,44-45,48-49H,3-4,6,8-10,12,14-16,18,20-21,24-43H2,1-2H3,(H,47,50)/b7-5-,13-11-,19-17-,23-22-. The molecule has 2 unspecified atom stereocenters. The molecule has 2 atom stereocenters. The van der Waals surface area contributed by atoms with Gasteiger partial charge in [-0.3, -0.25) is 4.79 Å². The van der Waals surface area contributed by atoms with E-state index < -0.39 is 12.1 Å². The van der Waals surface area contributed by atoms with Crippen LogP contribution in [0.4, 0.5) is 0 Å². The molecule has 0 radical (unpaired) electrons. The maximum atomic E-state index is 12.4. The summed E-state index contributed by atoms with van der Waals surface area (Å²) in [5, 5.41) is 23.2. The van der Waals surface area contributed by atoms with Gasteiger partial charge in [-0.15, -0.1) is 0 Å². The second-order valence-corrected chi connectivity index (χ2v) is 14.7. The lowest BCUT2D eigenvalue weighted by atomic mass is 10.0. The van der Waals surface area contributed by atoms with Crippen molar-refractivity contribution in [3.63, 3.8) is 0 Å². The van der Waals surface area contributed by atoms with Crippen LogP contribution in [0.2, 0.25) is 0 Å². The molecule has 0 aromatic carbocycles. The first-order valence-electron chi connectivity index (χ1n) is 21.8. The third-order valence-corrected chi connectivity index (χ3v) is 9.85. The van der Waals surface area contributed by atoms with Crippen molar-refractivity contribution in [2.75, 3.05) is 6.61 Å². The van der Waals surface area contributed by atoms with Crippen LogP contribution in [0, 0.1) is 0 Å². The van der Waals surface area contributed by atoms with Crippen LogP contribution >= 0.6 is 0 Å². The molecule has 0 spiro atoms. The second-order valence-electron chi connectivity index (χ2n) is 14.7. The highest BCUT2D eigenvalue weighted by Crippen LogP contribution is 2.16. The molecule has 0 aromatic rings. The van der Waals surface area contributed by atoms with E-state index in [2.05, 4.69) is 67.8 Å². The first-order chi connectivity index (χ1) is 24.7. The van der Waals surface area contributed by atoms with E-state index in [9.17, 15) is 15.0 Å². The van der Waals surface area contributed by atoms with Gasteiger partial charge in [0, 0.05) is 6.42 Å². The molecule has 4 nitrogen and oxygen atoms in total. The van der Waals surface area contributed by atoms with Gasteiger partial charge in [0.1, 0.15) is 0 Å². The molecule has 0 rings (SSSR count). The maximum absolute atomic E-state index is 12.4. The number of rotatable bonds is 39. The third-order valence-electron chi connectivity index (χ3n) is 9.85. The minimum absolute atomic E-state index is 0.0404. The summed E-state index contributed by atoms with van der Waals surface area (Å²) in [6.07, 6.45) is 56.1. The molecule has 0 saturated carbocycles. The van der Waals surface area contributed by atoms with Crippen molar-refractivity contribution >= 4 is 5.91 Å². The predicted octanol–water partition coefficient (Wildman–Crippen LogP) is 13.6. The van der Waals surface area contributed by atoms with Gasteiger partial charge in [0.05, 0.1) is 18.8 Å². The number of allylic oxidation sites excluding steroid dienone is 8. The van der Waals surface area contributed by atoms with Gasteiger partial charge in [-0.2, -0.15) is 0 Å². The van der Waals surface area contributed by atoms with Gasteiger partial charge in [0.25, 0.3) is 0 Å². The van der Waals surface area contributed by atoms with E-state index in [1.807, 2.05) is 0 Å². The number of aliphatic hydroxyl groups is 2. The van der Waals surface area contributed by atoms with Gasteiger partial charge < -0.3 is 15.5 Å². The smallest absolute Gasteiger partial charge is 0.220 e. The summed E-state index contributed by atoms with van der Waals surface area (Å²) in [5.41, 5.74) is 0. The zero-order chi connectivity index (χ0) is 36.4. The summed E-state index contributed by atoms with van der Waals surface area (Å²) in [6, 6.07) is -0.541. The van der Waals surface area contributed by atoms with Crippen LogP contribution in [0.15, 0.2) is 48.6 Å². The van der Waals surface area contributed by atoms with Crippen molar-refractivity contribution in [1.29, 1.82) is 0 Å². The normalized spacial score (nSPS) is 13.4. The highest BCUT2D eigenvalue weighted by molar-refractivity contribution is 5.76. The second kappa shape index (κ2) is 41.8. The van der Waals surface area contributed by atoms with E-state index in [4.69, 9.17) is 0 Å². The highest BCUT2D eigenvalue weighted by Gasteiger charge is 2.19. The number of hydrogen-bond donors (Lipinski definition) is 3. The SMILES string of the molecule is CC/C=C\C/C=C\C/C=C\C/C=C\CCCCCCCCCCC(=O)NC(CO)C(O)CCCCCCCCCCCCCCCCCCC. The lowest BCUT2D eigenvalue weighted by Crippen LogP contribution is -2.45. The first-order valence-corrected chi connectivity index (χ1v) is 21.8. The Bertz CT molecular complexity index is 801. The number of carbonyl (C=O) groups excluding carboxylic acids is 1. The van der Waals surface area contributed by atoms with Crippen LogP contribution in [-0.2, 0) is 4.79 Å². The molecule has 0 aliphatic heterocycles. The van der Waals surface area contributed by atoms with Crippen LogP contribution in [0.5, 0.6) is 0 Å². The quantitative estimate of drug-likeness (QED) is 0.0442. The number of unbranched alkanes of at least 4 members (excludes halogenated alkanes) is 24. The van der Waals surface area contributed by atoms with E-state index in [-0.39, 0.29) is 12.5 Å². The summed E-state index contributed by atoms with van der Waals surface area (Å²) in [5.74, 6) is -0.0404. The third kappa shape index (κ3) is 37.6. The molecular formula is C46H85NO3. The van der Waals surface area contributed by atoms with Crippen LogP contribution in [0.3, 0.4) is 0 Å². The minimum Gasteiger partial charge on any atom is -0.394 e. The fourth-order valence-electron chi connectivity index (χ4n) is 6.53. The first kappa shape index (κ1) is 48.3. The van der Waals surface area contributed by atoms with Gasteiger partial charge in [-0.1, -0.05) is 210 Å². The monoisotopic (exact) mass is 700 g/mol. The predicted molar refractivity (Wildman–Crippen MR) is 221 cm³/mol. The molecule has 0 saturated heterocycles. The summed E-state index contributed by atoms with van der Waals surface area (Å²) in [7, 11) is 0. The Balaban J connectivity index is 3.55. The zero-order valence-electron chi connectivity index (χ0n) is 33.4. The van der Waals surface area contributed by atoms with Crippen LogP contribution in [-0.4, -0.2) is 34.9 Å². The Morgan fingerprint density at radius 2 is 0.880 bits per heavy atom. The average molecular weight is 700 g/mol. The molecular weight excluding hydrogens is 615 g/mol. The molecule has 3 N–H and O–H groups in total. The topological polar surface area (TPSA) is 69.6 Å². The number of amides is 1. The molecule has 0 aliphatic carbocycles.